The fraction of sp³-hybridized carbons (Fsp3) is 1.00. The number of ether oxygens (including phenoxy) is 1. The number of hydrogen-bond acceptors (Lipinski definition) is 4. The number of halogens is 17. The van der Waals surface area contributed by atoms with Gasteiger partial charge in [0, 0.05) is 12.8 Å². The normalized spacial score (nSPS) is 20.9. The lowest BCUT2D eigenvalue weighted by Gasteiger charge is -2.42. The van der Waals surface area contributed by atoms with Gasteiger partial charge in [0.1, 0.15) is 6.10 Å². The van der Waals surface area contributed by atoms with E-state index in [4.69, 9.17) is 4.89 Å². The van der Waals surface area contributed by atoms with Gasteiger partial charge in [-0.2, -0.15) is 74.6 Å². The zero-order valence-corrected chi connectivity index (χ0v) is 17.3. The van der Waals surface area contributed by atoms with Crippen LogP contribution >= 0.6 is 7.82 Å². The van der Waals surface area contributed by atoms with Gasteiger partial charge in [-0.1, -0.05) is 0 Å². The van der Waals surface area contributed by atoms with Crippen LogP contribution in [-0.2, 0) is 18.3 Å². The zero-order chi connectivity index (χ0) is 29.0. The largest absolute Gasteiger partial charge is 0.477 e. The summed E-state index contributed by atoms with van der Waals surface area (Å²) in [7, 11) is -6.62. The molecule has 0 aromatic rings. The molecular formula is C13H10F17O5P. The Kier molecular flexibility index (Phi) is 8.47. The lowest BCUT2D eigenvalue weighted by Crippen LogP contribution is -2.73. The fourth-order valence-electron chi connectivity index (χ4n) is 2.03. The van der Waals surface area contributed by atoms with E-state index in [-0.39, 0.29) is 6.61 Å². The van der Waals surface area contributed by atoms with Crippen molar-refractivity contribution in [3.05, 3.63) is 0 Å². The molecule has 216 valence electrons. The monoisotopic (exact) mass is 600 g/mol. The van der Waals surface area contributed by atoms with Crippen LogP contribution in [0.1, 0.15) is 12.8 Å². The fourth-order valence-corrected chi connectivity index (χ4v) is 2.84. The molecule has 0 aromatic heterocycles. The Hall–Kier alpha value is -1.12. The average molecular weight is 600 g/mol. The lowest BCUT2D eigenvalue weighted by molar-refractivity contribution is -0.458. The number of phosphoric ester groups is 1. The molecule has 5 nitrogen and oxygen atoms in total. The van der Waals surface area contributed by atoms with Gasteiger partial charge in [-0.05, 0) is 0 Å². The Morgan fingerprint density at radius 3 is 1.47 bits per heavy atom. The summed E-state index contributed by atoms with van der Waals surface area (Å²) in [4.78, 5) is 8.83. The maximum Gasteiger partial charge on any atom is 0.477 e. The second-order valence-corrected chi connectivity index (χ2v) is 8.40. The standard InChI is InChI=1S/C13H10F17O5P/c14-6(15,1-2-7(16,17)18)8(19,20)9(21,22)10(23,24)11(25,26)12(27,28)13(29,30)35-36(31,32)34-4-5-3-33-5/h5H,1-4H2,(H,31,32). The topological polar surface area (TPSA) is 68.3 Å². The molecule has 1 N–H and O–H groups in total. The summed E-state index contributed by atoms with van der Waals surface area (Å²) in [5.41, 5.74) is 0. The Morgan fingerprint density at radius 2 is 1.08 bits per heavy atom. The molecule has 1 fully saturated rings. The van der Waals surface area contributed by atoms with Gasteiger partial charge in [-0.25, -0.2) is 9.09 Å². The zero-order valence-electron chi connectivity index (χ0n) is 16.4. The first-order valence-electron chi connectivity index (χ1n) is 8.50. The Morgan fingerprint density at radius 1 is 0.694 bits per heavy atom. The molecular weight excluding hydrogens is 590 g/mol. The molecule has 0 radical (unpaired) electrons. The van der Waals surface area contributed by atoms with Crippen molar-refractivity contribution < 1.29 is 97.9 Å². The van der Waals surface area contributed by atoms with E-state index in [1.807, 2.05) is 0 Å². The molecule has 1 heterocycles. The van der Waals surface area contributed by atoms with Gasteiger partial charge in [0.05, 0.1) is 13.2 Å². The van der Waals surface area contributed by atoms with Crippen molar-refractivity contribution >= 4 is 7.82 Å². The SMILES string of the molecule is O=P(O)(OCC1CO1)OC(F)(F)C(F)(F)C(F)(F)C(F)(F)C(F)(F)C(F)(F)C(F)(F)CCC(F)(F)F. The number of alkyl halides is 17. The first kappa shape index (κ1) is 32.9. The van der Waals surface area contributed by atoms with E-state index in [1.165, 1.54) is 0 Å². The van der Waals surface area contributed by atoms with E-state index in [2.05, 4.69) is 13.8 Å². The van der Waals surface area contributed by atoms with Gasteiger partial charge in [0.2, 0.25) is 0 Å². The van der Waals surface area contributed by atoms with Crippen LogP contribution in [-0.4, -0.2) is 72.0 Å². The molecule has 36 heavy (non-hydrogen) atoms. The van der Waals surface area contributed by atoms with Gasteiger partial charge >= 0.3 is 55.6 Å². The Bertz CT molecular complexity index is 837. The van der Waals surface area contributed by atoms with Crippen LogP contribution in [0.2, 0.25) is 0 Å². The first-order chi connectivity index (χ1) is 15.5. The molecule has 0 aliphatic carbocycles. The number of hydrogen-bond donors (Lipinski definition) is 1. The minimum Gasteiger partial charge on any atom is -0.371 e. The predicted molar refractivity (Wildman–Crippen MR) is 76.5 cm³/mol. The highest BCUT2D eigenvalue weighted by atomic mass is 31.2. The van der Waals surface area contributed by atoms with Crippen LogP contribution in [0, 0.1) is 0 Å². The molecule has 1 aliphatic heterocycles. The molecule has 0 amide bonds. The van der Waals surface area contributed by atoms with Crippen molar-refractivity contribution in [2.75, 3.05) is 13.2 Å². The average Bonchev–Trinajstić information content (AvgIpc) is 3.47. The van der Waals surface area contributed by atoms with E-state index >= 15 is 0 Å². The van der Waals surface area contributed by atoms with Crippen LogP contribution in [0.4, 0.5) is 74.6 Å². The molecule has 0 saturated carbocycles. The molecule has 0 bridgehead atoms. The molecule has 0 aromatic carbocycles. The van der Waals surface area contributed by atoms with Gasteiger partial charge in [0.15, 0.2) is 0 Å². The van der Waals surface area contributed by atoms with Crippen molar-refractivity contribution in [1.82, 2.24) is 0 Å². The maximum absolute atomic E-state index is 13.6. The summed E-state index contributed by atoms with van der Waals surface area (Å²) in [6.07, 6.45) is -20.9. The lowest BCUT2D eigenvalue weighted by atomic mass is 9.89. The van der Waals surface area contributed by atoms with E-state index in [0.29, 0.717) is 0 Å². The highest BCUT2D eigenvalue weighted by molar-refractivity contribution is 7.47. The highest BCUT2D eigenvalue weighted by Gasteiger charge is 2.93. The molecule has 2 unspecified atom stereocenters. The van der Waals surface area contributed by atoms with Gasteiger partial charge in [-0.3, -0.25) is 4.52 Å². The predicted octanol–water partition coefficient (Wildman–Crippen LogP) is 6.27. The highest BCUT2D eigenvalue weighted by Crippen LogP contribution is 2.64. The van der Waals surface area contributed by atoms with Gasteiger partial charge in [0.25, 0.3) is 0 Å². The van der Waals surface area contributed by atoms with Gasteiger partial charge < -0.3 is 9.63 Å². The molecule has 2 atom stereocenters. The van der Waals surface area contributed by atoms with E-state index in [1.54, 1.807) is 0 Å². The maximum atomic E-state index is 13.6. The van der Waals surface area contributed by atoms with Crippen molar-refractivity contribution in [2.24, 2.45) is 0 Å². The van der Waals surface area contributed by atoms with Gasteiger partial charge in [-0.15, -0.1) is 0 Å². The van der Waals surface area contributed by atoms with E-state index in [0.717, 1.165) is 0 Å². The summed E-state index contributed by atoms with van der Waals surface area (Å²) in [6, 6.07) is 0. The van der Waals surface area contributed by atoms with Crippen molar-refractivity contribution in [3.63, 3.8) is 0 Å². The third-order valence-electron chi connectivity index (χ3n) is 4.18. The minimum atomic E-state index is -8.59. The summed E-state index contributed by atoms with van der Waals surface area (Å²) < 4.78 is 246. The smallest absolute Gasteiger partial charge is 0.371 e. The number of rotatable bonds is 13. The van der Waals surface area contributed by atoms with Crippen molar-refractivity contribution in [3.8, 4) is 0 Å². The first-order valence-corrected chi connectivity index (χ1v) is 10.00. The summed E-state index contributed by atoms with van der Waals surface area (Å²) in [5.74, 6) is -48.6. The van der Waals surface area contributed by atoms with Crippen molar-refractivity contribution in [2.45, 2.75) is 66.8 Å². The second-order valence-electron chi connectivity index (χ2n) is 7.02. The van der Waals surface area contributed by atoms with Crippen LogP contribution in [0.15, 0.2) is 0 Å². The molecule has 23 heteroatoms. The minimum absolute atomic E-state index is 0.270. The third-order valence-corrected chi connectivity index (χ3v) is 5.12. The van der Waals surface area contributed by atoms with Crippen LogP contribution in [0.25, 0.3) is 0 Å². The van der Waals surface area contributed by atoms with Crippen LogP contribution < -0.4 is 0 Å². The third kappa shape index (κ3) is 5.96. The summed E-state index contributed by atoms with van der Waals surface area (Å²) in [5, 5.41) is 0. The Balaban J connectivity index is 3.37. The van der Waals surface area contributed by atoms with Crippen LogP contribution in [0.5, 0.6) is 0 Å². The number of phosphoric acid groups is 1. The second kappa shape index (κ2) is 9.26. The summed E-state index contributed by atoms with van der Waals surface area (Å²) in [6.45, 7) is -1.49. The van der Waals surface area contributed by atoms with E-state index < -0.39 is 81.2 Å². The molecule has 1 saturated heterocycles. The number of epoxide rings is 1. The molecule has 1 aliphatic rings. The quantitative estimate of drug-likeness (QED) is 0.154. The summed E-state index contributed by atoms with van der Waals surface area (Å²) >= 11 is 0. The van der Waals surface area contributed by atoms with Crippen molar-refractivity contribution in [1.29, 1.82) is 0 Å². The molecule has 0 spiro atoms. The van der Waals surface area contributed by atoms with E-state index in [9.17, 15) is 79.2 Å². The van der Waals surface area contributed by atoms with Crippen LogP contribution in [0.3, 0.4) is 0 Å². The molecule has 1 rings (SSSR count). The Labute approximate surface area is 187 Å².